The molecule has 0 aromatic rings. The molecule has 0 radical (unpaired) electrons. The maximum Gasteiger partial charge on any atom is 0.237 e. The highest BCUT2D eigenvalue weighted by Crippen LogP contribution is 2.13. The Morgan fingerprint density at radius 2 is 1.71 bits per heavy atom. The Hall–Kier alpha value is -0.610. The van der Waals surface area contributed by atoms with Gasteiger partial charge < -0.3 is 15.7 Å². The normalized spacial score (nSPS) is 14.5. The van der Waals surface area contributed by atoms with Gasteiger partial charge in [-0.25, -0.2) is 0 Å². The molecule has 1 amide bonds. The second kappa shape index (κ2) is 6.36. The summed E-state index contributed by atoms with van der Waals surface area (Å²) in [6.45, 7) is 12.0. The Morgan fingerprint density at radius 3 is 2.06 bits per heavy atom. The largest absolute Gasteiger partial charge is 0.389 e. The molecular formula is C13H28N2O2. The molecule has 17 heavy (non-hydrogen) atoms. The Balaban J connectivity index is 4.18. The number of hydrogen-bond acceptors (Lipinski definition) is 3. The Labute approximate surface area is 105 Å². The molecule has 102 valence electrons. The van der Waals surface area contributed by atoms with Crippen LogP contribution in [0.5, 0.6) is 0 Å². The van der Waals surface area contributed by atoms with E-state index in [9.17, 15) is 9.90 Å². The van der Waals surface area contributed by atoms with E-state index in [2.05, 4.69) is 10.6 Å². The van der Waals surface area contributed by atoms with Gasteiger partial charge in [-0.15, -0.1) is 0 Å². The topological polar surface area (TPSA) is 61.4 Å². The highest BCUT2D eigenvalue weighted by molar-refractivity contribution is 5.81. The van der Waals surface area contributed by atoms with E-state index in [1.165, 1.54) is 0 Å². The van der Waals surface area contributed by atoms with Gasteiger partial charge in [0.05, 0.1) is 11.6 Å². The average Bonchev–Trinajstić information content (AvgIpc) is 2.23. The van der Waals surface area contributed by atoms with Gasteiger partial charge in [0.2, 0.25) is 5.91 Å². The molecule has 1 unspecified atom stereocenters. The van der Waals surface area contributed by atoms with Crippen LogP contribution in [0.2, 0.25) is 0 Å². The van der Waals surface area contributed by atoms with E-state index in [1.807, 2.05) is 41.5 Å². The van der Waals surface area contributed by atoms with Crippen molar-refractivity contribution in [1.29, 1.82) is 0 Å². The first-order valence-corrected chi connectivity index (χ1v) is 6.41. The van der Waals surface area contributed by atoms with E-state index in [-0.39, 0.29) is 17.5 Å². The highest BCUT2D eigenvalue weighted by Gasteiger charge is 2.25. The summed E-state index contributed by atoms with van der Waals surface area (Å²) < 4.78 is 0. The Kier molecular flexibility index (Phi) is 6.13. The zero-order valence-corrected chi connectivity index (χ0v) is 12.1. The Morgan fingerprint density at radius 1 is 1.24 bits per heavy atom. The second-order valence-corrected chi connectivity index (χ2v) is 5.77. The molecule has 0 aromatic heterocycles. The van der Waals surface area contributed by atoms with Gasteiger partial charge in [0.25, 0.3) is 0 Å². The molecule has 0 aliphatic carbocycles. The average molecular weight is 244 g/mol. The number of rotatable bonds is 6. The van der Waals surface area contributed by atoms with Crippen molar-refractivity contribution in [2.75, 3.05) is 6.54 Å². The fourth-order valence-corrected chi connectivity index (χ4v) is 1.41. The lowest BCUT2D eigenvalue weighted by Crippen LogP contribution is -2.52. The number of carbonyl (C=O) groups is 1. The molecule has 4 nitrogen and oxygen atoms in total. The lowest BCUT2D eigenvalue weighted by Gasteiger charge is -2.29. The summed E-state index contributed by atoms with van der Waals surface area (Å²) in [5.74, 6) is -0.0351. The van der Waals surface area contributed by atoms with Gasteiger partial charge in [-0.1, -0.05) is 13.8 Å². The summed E-state index contributed by atoms with van der Waals surface area (Å²) in [5.41, 5.74) is -0.935. The second-order valence-electron chi connectivity index (χ2n) is 5.77. The molecular weight excluding hydrogens is 216 g/mol. The van der Waals surface area contributed by atoms with Crippen LogP contribution >= 0.6 is 0 Å². The van der Waals surface area contributed by atoms with E-state index in [0.717, 1.165) is 0 Å². The summed E-state index contributed by atoms with van der Waals surface area (Å²) >= 11 is 0. The quantitative estimate of drug-likeness (QED) is 0.662. The third kappa shape index (κ3) is 6.64. The molecule has 0 rings (SSSR count). The number of carbonyl (C=O) groups excluding carboxylic acids is 1. The van der Waals surface area contributed by atoms with Crippen LogP contribution in [0.3, 0.4) is 0 Å². The number of nitrogens with one attached hydrogen (secondary N) is 2. The van der Waals surface area contributed by atoms with Crippen molar-refractivity contribution in [3.05, 3.63) is 0 Å². The summed E-state index contributed by atoms with van der Waals surface area (Å²) in [6, 6.07) is -0.293. The van der Waals surface area contributed by atoms with Crippen molar-refractivity contribution in [2.24, 2.45) is 0 Å². The van der Waals surface area contributed by atoms with E-state index in [4.69, 9.17) is 0 Å². The first-order chi connectivity index (χ1) is 7.63. The van der Waals surface area contributed by atoms with Crippen LogP contribution in [0, 0.1) is 0 Å². The predicted octanol–water partition coefficient (Wildman–Crippen LogP) is 1.43. The summed E-state index contributed by atoms with van der Waals surface area (Å²) in [6.07, 6.45) is 1.37. The van der Waals surface area contributed by atoms with E-state index in [1.54, 1.807) is 0 Å². The van der Waals surface area contributed by atoms with Crippen LogP contribution < -0.4 is 10.6 Å². The summed E-state index contributed by atoms with van der Waals surface area (Å²) in [5, 5.41) is 16.1. The van der Waals surface area contributed by atoms with Gasteiger partial charge in [0.1, 0.15) is 0 Å². The van der Waals surface area contributed by atoms with Gasteiger partial charge in [-0.3, -0.25) is 4.79 Å². The molecule has 0 aliphatic heterocycles. The van der Waals surface area contributed by atoms with Crippen LogP contribution in [0.25, 0.3) is 0 Å². The van der Waals surface area contributed by atoms with Crippen molar-refractivity contribution in [3.8, 4) is 0 Å². The van der Waals surface area contributed by atoms with E-state index >= 15 is 0 Å². The highest BCUT2D eigenvalue weighted by atomic mass is 16.3. The van der Waals surface area contributed by atoms with Crippen LogP contribution in [0.4, 0.5) is 0 Å². The van der Waals surface area contributed by atoms with Crippen molar-refractivity contribution in [3.63, 3.8) is 0 Å². The number of hydrogen-bond donors (Lipinski definition) is 3. The van der Waals surface area contributed by atoms with E-state index in [0.29, 0.717) is 19.4 Å². The first kappa shape index (κ1) is 16.4. The minimum atomic E-state index is -0.712. The van der Waals surface area contributed by atoms with Crippen molar-refractivity contribution >= 4 is 5.91 Å². The van der Waals surface area contributed by atoms with Gasteiger partial charge in [-0.2, -0.15) is 0 Å². The molecule has 0 saturated carbocycles. The smallest absolute Gasteiger partial charge is 0.237 e. The molecule has 0 spiro atoms. The molecule has 0 fully saturated rings. The van der Waals surface area contributed by atoms with Crippen LogP contribution in [0.1, 0.15) is 54.4 Å². The summed E-state index contributed by atoms with van der Waals surface area (Å²) in [7, 11) is 0. The fraction of sp³-hybridized carbons (Fsp3) is 0.923. The zero-order valence-electron chi connectivity index (χ0n) is 12.1. The molecule has 0 bridgehead atoms. The maximum atomic E-state index is 11.8. The number of amides is 1. The molecule has 1 atom stereocenters. The summed E-state index contributed by atoms with van der Waals surface area (Å²) in [4.78, 5) is 11.8. The van der Waals surface area contributed by atoms with Crippen LogP contribution in [-0.2, 0) is 4.79 Å². The SMILES string of the molecule is CCC(O)(CC)CNC(C)C(=O)NC(C)(C)C. The third-order valence-corrected chi connectivity index (χ3v) is 2.95. The van der Waals surface area contributed by atoms with Crippen molar-refractivity contribution in [2.45, 2.75) is 71.6 Å². The van der Waals surface area contributed by atoms with Gasteiger partial charge in [-0.05, 0) is 40.5 Å². The molecule has 4 heteroatoms. The van der Waals surface area contributed by atoms with E-state index < -0.39 is 5.60 Å². The zero-order chi connectivity index (χ0) is 13.7. The molecule has 0 aliphatic rings. The van der Waals surface area contributed by atoms with Crippen LogP contribution in [0.15, 0.2) is 0 Å². The minimum absolute atomic E-state index is 0.0351. The van der Waals surface area contributed by atoms with Gasteiger partial charge in [0.15, 0.2) is 0 Å². The van der Waals surface area contributed by atoms with Crippen LogP contribution in [-0.4, -0.2) is 34.7 Å². The third-order valence-electron chi connectivity index (χ3n) is 2.95. The standard InChI is InChI=1S/C13H28N2O2/c1-7-13(17,8-2)9-14-10(3)11(16)15-12(4,5)6/h10,14,17H,7-9H2,1-6H3,(H,15,16). The monoisotopic (exact) mass is 244 g/mol. The Bertz CT molecular complexity index is 242. The fourth-order valence-electron chi connectivity index (χ4n) is 1.41. The molecule has 3 N–H and O–H groups in total. The van der Waals surface area contributed by atoms with Gasteiger partial charge >= 0.3 is 0 Å². The first-order valence-electron chi connectivity index (χ1n) is 6.41. The lowest BCUT2D eigenvalue weighted by atomic mass is 9.97. The van der Waals surface area contributed by atoms with Gasteiger partial charge in [0, 0.05) is 12.1 Å². The van der Waals surface area contributed by atoms with Crippen molar-refractivity contribution < 1.29 is 9.90 Å². The molecule has 0 saturated heterocycles. The lowest BCUT2D eigenvalue weighted by molar-refractivity contribution is -0.124. The molecule has 0 heterocycles. The van der Waals surface area contributed by atoms with Crippen molar-refractivity contribution in [1.82, 2.24) is 10.6 Å². The molecule has 0 aromatic carbocycles. The number of aliphatic hydroxyl groups is 1. The minimum Gasteiger partial charge on any atom is -0.389 e. The predicted molar refractivity (Wildman–Crippen MR) is 70.9 cm³/mol. The maximum absolute atomic E-state index is 11.8.